The Bertz CT molecular complexity index is 697. The average molecular weight is 320 g/mol. The lowest BCUT2D eigenvalue weighted by atomic mass is 10.2. The molecule has 0 amide bonds. The number of nitro benzene ring substituents is 2. The molecule has 0 N–H and O–H groups in total. The molecular formula is C14H12N2O7. The van der Waals surface area contributed by atoms with Crippen LogP contribution in [0.15, 0.2) is 36.4 Å². The molecule has 0 aliphatic rings. The number of nitrogens with zero attached hydrogens (tertiary/aromatic N) is 2. The van der Waals surface area contributed by atoms with Crippen LogP contribution in [0.1, 0.15) is 0 Å². The minimum absolute atomic E-state index is 0.0429. The lowest BCUT2D eigenvalue weighted by Gasteiger charge is -2.09. The van der Waals surface area contributed by atoms with Crippen LogP contribution in [0.3, 0.4) is 0 Å². The van der Waals surface area contributed by atoms with Crippen LogP contribution < -0.4 is 14.2 Å². The molecular weight excluding hydrogens is 308 g/mol. The van der Waals surface area contributed by atoms with Crippen molar-refractivity contribution in [2.24, 2.45) is 0 Å². The van der Waals surface area contributed by atoms with Crippen LogP contribution in [-0.2, 0) is 0 Å². The van der Waals surface area contributed by atoms with E-state index >= 15 is 0 Å². The Labute approximate surface area is 130 Å². The van der Waals surface area contributed by atoms with E-state index in [9.17, 15) is 20.2 Å². The Balaban J connectivity index is 2.32. The highest BCUT2D eigenvalue weighted by molar-refractivity contribution is 5.54. The highest BCUT2D eigenvalue weighted by Gasteiger charge is 2.18. The molecule has 2 aromatic rings. The van der Waals surface area contributed by atoms with Crippen LogP contribution in [0, 0.1) is 20.2 Å². The number of rotatable bonds is 6. The van der Waals surface area contributed by atoms with Crippen LogP contribution in [0.4, 0.5) is 11.4 Å². The average Bonchev–Trinajstić information content (AvgIpc) is 2.54. The Morgan fingerprint density at radius 2 is 1.17 bits per heavy atom. The van der Waals surface area contributed by atoms with Crippen LogP contribution in [0.5, 0.6) is 23.0 Å². The minimum atomic E-state index is -0.572. The second-order valence-electron chi connectivity index (χ2n) is 4.28. The highest BCUT2D eigenvalue weighted by atomic mass is 16.6. The normalized spacial score (nSPS) is 10.0. The summed E-state index contributed by atoms with van der Waals surface area (Å²) in [5, 5.41) is 21.7. The molecule has 0 bridgehead atoms. The molecule has 9 nitrogen and oxygen atoms in total. The zero-order chi connectivity index (χ0) is 17.0. The molecule has 0 atom stereocenters. The van der Waals surface area contributed by atoms with E-state index in [-0.39, 0.29) is 34.4 Å². The van der Waals surface area contributed by atoms with E-state index in [2.05, 4.69) is 0 Å². The zero-order valence-corrected chi connectivity index (χ0v) is 12.2. The molecule has 0 saturated heterocycles. The highest BCUT2D eigenvalue weighted by Crippen LogP contribution is 2.36. The van der Waals surface area contributed by atoms with Crippen molar-refractivity contribution in [3.63, 3.8) is 0 Å². The summed E-state index contributed by atoms with van der Waals surface area (Å²) < 4.78 is 15.4. The van der Waals surface area contributed by atoms with Crippen molar-refractivity contribution in [1.29, 1.82) is 0 Å². The van der Waals surface area contributed by atoms with Crippen LogP contribution in [0.2, 0.25) is 0 Å². The maximum atomic E-state index is 10.8. The number of nitro groups is 2. The first-order chi connectivity index (χ1) is 11.0. The maximum absolute atomic E-state index is 10.8. The lowest BCUT2D eigenvalue weighted by Crippen LogP contribution is -1.96. The topological polar surface area (TPSA) is 114 Å². The third kappa shape index (κ3) is 3.46. The van der Waals surface area contributed by atoms with E-state index in [4.69, 9.17) is 14.2 Å². The van der Waals surface area contributed by atoms with E-state index < -0.39 is 9.85 Å². The Kier molecular flexibility index (Phi) is 4.60. The molecule has 0 aromatic heterocycles. The number of hydrogen-bond donors (Lipinski definition) is 0. The van der Waals surface area contributed by atoms with Crippen molar-refractivity contribution in [3.05, 3.63) is 56.6 Å². The van der Waals surface area contributed by atoms with Crippen molar-refractivity contribution in [1.82, 2.24) is 0 Å². The second kappa shape index (κ2) is 6.60. The van der Waals surface area contributed by atoms with Gasteiger partial charge >= 0.3 is 11.4 Å². The third-order valence-electron chi connectivity index (χ3n) is 2.93. The molecule has 9 heteroatoms. The molecule has 0 aliphatic heterocycles. The van der Waals surface area contributed by atoms with Gasteiger partial charge in [-0.2, -0.15) is 0 Å². The largest absolute Gasteiger partial charge is 0.490 e. The van der Waals surface area contributed by atoms with Gasteiger partial charge in [-0.05, 0) is 12.1 Å². The van der Waals surface area contributed by atoms with E-state index in [0.29, 0.717) is 0 Å². The first-order valence-electron chi connectivity index (χ1n) is 6.29. The van der Waals surface area contributed by atoms with Gasteiger partial charge in [-0.3, -0.25) is 20.2 Å². The zero-order valence-electron chi connectivity index (χ0n) is 12.2. The van der Waals surface area contributed by atoms with Gasteiger partial charge in [-0.25, -0.2) is 0 Å². The summed E-state index contributed by atoms with van der Waals surface area (Å²) in [4.78, 5) is 20.5. The predicted molar refractivity (Wildman–Crippen MR) is 79.4 cm³/mol. The maximum Gasteiger partial charge on any atom is 0.311 e. The summed E-state index contributed by atoms with van der Waals surface area (Å²) >= 11 is 0. The van der Waals surface area contributed by atoms with Gasteiger partial charge in [0.2, 0.25) is 11.5 Å². The first kappa shape index (κ1) is 16.0. The predicted octanol–water partition coefficient (Wildman–Crippen LogP) is 3.31. The molecule has 2 rings (SSSR count). The fraction of sp³-hybridized carbons (Fsp3) is 0.143. The summed E-state index contributed by atoms with van der Waals surface area (Å²) in [6.07, 6.45) is 0. The standard InChI is InChI=1S/C14H12N2O7/c1-21-13-7-9(3-5-11(13)15(17)18)23-10-4-6-12(16(19)20)14(8-10)22-2/h3-8H,1-2H3. The molecule has 0 radical (unpaired) electrons. The van der Waals surface area contributed by atoms with Gasteiger partial charge in [0.15, 0.2) is 0 Å². The molecule has 0 aliphatic carbocycles. The van der Waals surface area contributed by atoms with Gasteiger partial charge in [0.05, 0.1) is 24.1 Å². The van der Waals surface area contributed by atoms with Crippen molar-refractivity contribution in [3.8, 4) is 23.0 Å². The van der Waals surface area contributed by atoms with Gasteiger partial charge < -0.3 is 14.2 Å². The molecule has 0 fully saturated rings. The Morgan fingerprint density at radius 3 is 1.48 bits per heavy atom. The smallest absolute Gasteiger partial charge is 0.311 e. The number of hydrogen-bond acceptors (Lipinski definition) is 7. The van der Waals surface area contributed by atoms with Crippen LogP contribution >= 0.6 is 0 Å². The van der Waals surface area contributed by atoms with Gasteiger partial charge in [0.25, 0.3) is 0 Å². The molecule has 2 aromatic carbocycles. The monoisotopic (exact) mass is 320 g/mol. The molecule has 0 unspecified atom stereocenters. The molecule has 0 saturated carbocycles. The molecule has 0 heterocycles. The van der Waals surface area contributed by atoms with Gasteiger partial charge in [0, 0.05) is 24.3 Å². The van der Waals surface area contributed by atoms with Gasteiger partial charge in [-0.1, -0.05) is 0 Å². The first-order valence-corrected chi connectivity index (χ1v) is 6.29. The molecule has 120 valence electrons. The summed E-state index contributed by atoms with van der Waals surface area (Å²) in [6.45, 7) is 0. The lowest BCUT2D eigenvalue weighted by molar-refractivity contribution is -0.385. The third-order valence-corrected chi connectivity index (χ3v) is 2.93. The van der Waals surface area contributed by atoms with Crippen molar-refractivity contribution in [2.45, 2.75) is 0 Å². The van der Waals surface area contributed by atoms with Crippen molar-refractivity contribution < 1.29 is 24.1 Å². The summed E-state index contributed by atoms with van der Waals surface area (Å²) in [5.74, 6) is 0.648. The number of benzene rings is 2. The minimum Gasteiger partial charge on any atom is -0.490 e. The van der Waals surface area contributed by atoms with Crippen LogP contribution in [0.25, 0.3) is 0 Å². The molecule has 0 spiro atoms. The fourth-order valence-corrected chi connectivity index (χ4v) is 1.88. The van der Waals surface area contributed by atoms with E-state index in [1.807, 2.05) is 0 Å². The van der Waals surface area contributed by atoms with Gasteiger partial charge in [-0.15, -0.1) is 0 Å². The Morgan fingerprint density at radius 1 is 0.783 bits per heavy atom. The summed E-state index contributed by atoms with van der Waals surface area (Å²) in [7, 11) is 2.61. The fourth-order valence-electron chi connectivity index (χ4n) is 1.88. The van der Waals surface area contributed by atoms with E-state index in [1.165, 1.54) is 50.6 Å². The quantitative estimate of drug-likeness (QED) is 0.592. The summed E-state index contributed by atoms with van der Waals surface area (Å²) in [6, 6.07) is 7.99. The summed E-state index contributed by atoms with van der Waals surface area (Å²) in [5.41, 5.74) is -0.387. The van der Waals surface area contributed by atoms with Crippen molar-refractivity contribution in [2.75, 3.05) is 14.2 Å². The second-order valence-corrected chi connectivity index (χ2v) is 4.28. The van der Waals surface area contributed by atoms with E-state index in [1.54, 1.807) is 0 Å². The van der Waals surface area contributed by atoms with Crippen LogP contribution in [-0.4, -0.2) is 24.1 Å². The SMILES string of the molecule is COc1cc(Oc2ccc([N+](=O)[O-])c(OC)c2)ccc1[N+](=O)[O-]. The van der Waals surface area contributed by atoms with Gasteiger partial charge in [0.1, 0.15) is 11.5 Å². The number of methoxy groups -OCH3 is 2. The Hall–Kier alpha value is -3.36. The van der Waals surface area contributed by atoms with Crippen molar-refractivity contribution >= 4 is 11.4 Å². The van der Waals surface area contributed by atoms with E-state index in [0.717, 1.165) is 0 Å². The molecule has 23 heavy (non-hydrogen) atoms. The number of ether oxygens (including phenoxy) is 3.